The zero-order valence-electron chi connectivity index (χ0n) is 40.8. The Kier molecular flexibility index (Phi) is 17.6. The van der Waals surface area contributed by atoms with Crippen molar-refractivity contribution < 1.29 is 97.5 Å². The maximum absolute atomic E-state index is 14.0. The first-order valence-corrected chi connectivity index (χ1v) is 23.3. The van der Waals surface area contributed by atoms with Crippen molar-refractivity contribution in [3.05, 3.63) is 81.4 Å². The molecule has 0 unspecified atom stereocenters. The van der Waals surface area contributed by atoms with Crippen LogP contribution in [0.1, 0.15) is 108 Å². The number of Topliss-reactive ketones (excluding diaryl/α,β-unsaturated/α-hetero) is 1. The summed E-state index contributed by atoms with van der Waals surface area (Å²) < 4.78 is 22.8. The Bertz CT molecular complexity index is 2800. The number of aromatic hydroxyl groups is 2. The number of hydrogen-bond acceptors (Lipinski definition) is 19. The van der Waals surface area contributed by atoms with Crippen LogP contribution in [0, 0.1) is 0 Å². The number of hydrogen-bond donors (Lipinski definition) is 12. The van der Waals surface area contributed by atoms with Crippen LogP contribution in [-0.4, -0.2) is 152 Å². The number of phenolic OH excluding ortho intramolecular Hbond substituents is 2. The SMILES string of the molecule is COc1cccc2c1C(=O)c1c(O)c3c(c(O)c1C2=O)C[C@@](O)(C(=O)CO)C[C@@H]3O[C@H]1C[C@H](NC(=O)OCc2ccc(NC(=O)[C@H](CC(N)=O)NC(=O)[C@H](C)NC(=O)[C@H](C)NC(=O)CCC(=O)O)cc2)[C@H](O)[C@H](C)O1. The van der Waals surface area contributed by atoms with E-state index >= 15 is 0 Å². The van der Waals surface area contributed by atoms with Crippen LogP contribution < -0.4 is 37.1 Å². The summed E-state index contributed by atoms with van der Waals surface area (Å²) in [5.74, 6) is -9.87. The molecule has 0 radical (unpaired) electrons. The maximum Gasteiger partial charge on any atom is 0.407 e. The summed E-state index contributed by atoms with van der Waals surface area (Å²) in [4.78, 5) is 127. The summed E-state index contributed by atoms with van der Waals surface area (Å²) in [7, 11) is 1.27. The van der Waals surface area contributed by atoms with Crippen LogP contribution in [0.25, 0.3) is 0 Å². The number of amides is 6. The molecule has 6 rings (SSSR count). The first-order valence-electron chi connectivity index (χ1n) is 23.3. The van der Waals surface area contributed by atoms with Gasteiger partial charge < -0.3 is 81.9 Å². The molecule has 402 valence electrons. The van der Waals surface area contributed by atoms with Gasteiger partial charge in [0, 0.05) is 48.1 Å². The third-order valence-electron chi connectivity index (χ3n) is 12.8. The largest absolute Gasteiger partial charge is 0.507 e. The van der Waals surface area contributed by atoms with Gasteiger partial charge in [-0.15, -0.1) is 0 Å². The lowest BCUT2D eigenvalue weighted by atomic mass is 9.72. The average Bonchev–Trinajstić information content (AvgIpc) is 3.36. The predicted molar refractivity (Wildman–Crippen MR) is 254 cm³/mol. The normalized spacial score (nSPS) is 21.8. The zero-order valence-corrected chi connectivity index (χ0v) is 40.8. The number of phenols is 2. The number of carbonyl (C=O) groups is 10. The Morgan fingerprint density at radius 1 is 0.867 bits per heavy atom. The predicted octanol–water partition coefficient (Wildman–Crippen LogP) is -0.858. The second-order valence-electron chi connectivity index (χ2n) is 18.2. The maximum atomic E-state index is 14.0. The van der Waals surface area contributed by atoms with Gasteiger partial charge in [0.15, 0.2) is 17.9 Å². The molecule has 0 aromatic heterocycles. The molecule has 26 nitrogen and oxygen atoms in total. The van der Waals surface area contributed by atoms with Gasteiger partial charge in [0.2, 0.25) is 35.3 Å². The number of rotatable bonds is 20. The lowest BCUT2D eigenvalue weighted by molar-refractivity contribution is -0.249. The van der Waals surface area contributed by atoms with Gasteiger partial charge in [0.25, 0.3) is 0 Å². The molecule has 1 fully saturated rings. The Morgan fingerprint density at radius 2 is 1.52 bits per heavy atom. The molecule has 6 amide bonds. The molecule has 0 saturated carbocycles. The molecule has 1 aliphatic heterocycles. The number of alkyl carbamates (subject to hydrolysis) is 1. The molecule has 0 spiro atoms. The minimum atomic E-state index is -2.43. The van der Waals surface area contributed by atoms with Crippen molar-refractivity contribution in [3.63, 3.8) is 0 Å². The summed E-state index contributed by atoms with van der Waals surface area (Å²) >= 11 is 0. The van der Waals surface area contributed by atoms with Crippen LogP contribution in [0.3, 0.4) is 0 Å². The van der Waals surface area contributed by atoms with Gasteiger partial charge in [0.05, 0.1) is 54.9 Å². The van der Waals surface area contributed by atoms with Gasteiger partial charge in [0.1, 0.15) is 60.3 Å². The number of anilines is 1. The highest BCUT2D eigenvalue weighted by atomic mass is 16.7. The first-order chi connectivity index (χ1) is 35.4. The quantitative estimate of drug-likeness (QED) is 0.0479. The van der Waals surface area contributed by atoms with Gasteiger partial charge >= 0.3 is 12.1 Å². The van der Waals surface area contributed by atoms with E-state index in [1.165, 1.54) is 70.3 Å². The number of ketones is 3. The number of methoxy groups -OCH3 is 1. The molecule has 13 N–H and O–H groups in total. The number of benzene rings is 3. The third-order valence-corrected chi connectivity index (χ3v) is 12.8. The smallest absolute Gasteiger partial charge is 0.407 e. The van der Waals surface area contributed by atoms with E-state index in [-0.39, 0.29) is 53.1 Å². The molecule has 3 aromatic carbocycles. The Hall–Kier alpha value is -8.04. The van der Waals surface area contributed by atoms with Crippen LogP contribution in [0.5, 0.6) is 17.2 Å². The molecule has 0 bridgehead atoms. The van der Waals surface area contributed by atoms with E-state index < -0.39 is 168 Å². The first kappa shape index (κ1) is 56.3. The Balaban J connectivity index is 1.08. The summed E-state index contributed by atoms with van der Waals surface area (Å²) in [6, 6.07) is 4.88. The van der Waals surface area contributed by atoms with Gasteiger partial charge in [-0.1, -0.05) is 24.3 Å². The van der Waals surface area contributed by atoms with E-state index in [9.17, 15) is 73.5 Å². The van der Waals surface area contributed by atoms with Crippen molar-refractivity contribution >= 4 is 64.6 Å². The summed E-state index contributed by atoms with van der Waals surface area (Å²) in [5.41, 5.74) is 1.38. The number of aliphatic hydroxyl groups is 3. The molecule has 1 heterocycles. The number of carboxylic acid groups (broad SMARTS) is 1. The summed E-state index contributed by atoms with van der Waals surface area (Å²) in [6.07, 6.45) is -9.54. The fourth-order valence-corrected chi connectivity index (χ4v) is 8.83. The van der Waals surface area contributed by atoms with E-state index in [4.69, 9.17) is 29.8 Å². The number of primary amides is 1. The van der Waals surface area contributed by atoms with E-state index in [1.54, 1.807) is 0 Å². The van der Waals surface area contributed by atoms with E-state index in [1.807, 2.05) is 0 Å². The average molecular weight is 1050 g/mol. The lowest BCUT2D eigenvalue weighted by Gasteiger charge is -2.42. The lowest BCUT2D eigenvalue weighted by Crippen LogP contribution is -2.56. The fraction of sp³-hybridized carbons (Fsp3) is 0.429. The second kappa shape index (κ2) is 23.4. The van der Waals surface area contributed by atoms with Gasteiger partial charge in [-0.25, -0.2) is 4.79 Å². The molecular formula is C49H56N6O20. The molecule has 2 aliphatic carbocycles. The molecule has 1 saturated heterocycles. The van der Waals surface area contributed by atoms with Crippen molar-refractivity contribution in [1.29, 1.82) is 0 Å². The summed E-state index contributed by atoms with van der Waals surface area (Å²) in [6.45, 7) is 2.54. The van der Waals surface area contributed by atoms with Crippen molar-refractivity contribution in [3.8, 4) is 17.2 Å². The van der Waals surface area contributed by atoms with Gasteiger partial charge in [-0.3, -0.25) is 43.2 Å². The van der Waals surface area contributed by atoms with Crippen LogP contribution in [0.2, 0.25) is 0 Å². The molecule has 26 heteroatoms. The number of carbonyl (C=O) groups excluding carboxylic acids is 9. The molecule has 3 aromatic rings. The minimum absolute atomic E-state index is 0.0113. The third kappa shape index (κ3) is 12.7. The van der Waals surface area contributed by atoms with Gasteiger partial charge in [-0.2, -0.15) is 0 Å². The van der Waals surface area contributed by atoms with Crippen molar-refractivity contribution in [2.75, 3.05) is 19.0 Å². The number of fused-ring (bicyclic) bond motifs is 3. The fourth-order valence-electron chi connectivity index (χ4n) is 8.83. The van der Waals surface area contributed by atoms with Crippen LogP contribution in [0.15, 0.2) is 42.5 Å². The topological polar surface area (TPSA) is 415 Å². The monoisotopic (exact) mass is 1050 g/mol. The second-order valence-corrected chi connectivity index (χ2v) is 18.2. The van der Waals surface area contributed by atoms with E-state index in [0.717, 1.165) is 0 Å². The van der Waals surface area contributed by atoms with E-state index in [2.05, 4.69) is 26.6 Å². The van der Waals surface area contributed by atoms with Gasteiger partial charge in [-0.05, 0) is 44.5 Å². The van der Waals surface area contributed by atoms with E-state index in [0.29, 0.717) is 5.56 Å². The van der Waals surface area contributed by atoms with Crippen LogP contribution in [0.4, 0.5) is 10.5 Å². The Morgan fingerprint density at radius 3 is 2.16 bits per heavy atom. The van der Waals surface area contributed by atoms with Crippen LogP contribution in [-0.2, 0) is 60.8 Å². The molecular weight excluding hydrogens is 993 g/mol. The number of nitrogens with one attached hydrogen (secondary N) is 5. The molecule has 75 heavy (non-hydrogen) atoms. The van der Waals surface area contributed by atoms with Crippen molar-refractivity contribution in [2.24, 2.45) is 5.73 Å². The minimum Gasteiger partial charge on any atom is -0.507 e. The highest BCUT2D eigenvalue weighted by Gasteiger charge is 2.50. The summed E-state index contributed by atoms with van der Waals surface area (Å²) in [5, 5.41) is 76.7. The number of aliphatic carboxylic acids is 1. The number of carboxylic acids is 1. The zero-order chi connectivity index (χ0) is 55.2. The molecule has 9 atom stereocenters. The van der Waals surface area contributed by atoms with Crippen molar-refractivity contribution in [1.82, 2.24) is 21.3 Å². The van der Waals surface area contributed by atoms with Crippen molar-refractivity contribution in [2.45, 2.75) is 120 Å². The number of ether oxygens (including phenoxy) is 4. The highest BCUT2D eigenvalue weighted by molar-refractivity contribution is 6.31. The van der Waals surface area contributed by atoms with Crippen LogP contribution >= 0.6 is 0 Å². The highest BCUT2D eigenvalue weighted by Crippen LogP contribution is 2.52. The number of nitrogens with two attached hydrogens (primary N) is 1. The standard InChI is InChI=1S/C49H56N6O20/c1-20(51-33(59)12-13-34(60)61)45(67)52-21(2)46(68)54-28(14-32(50)58)47(69)53-24-10-8-23(9-11-24)19-73-48(70)55-27-15-35(74-22(3)40(27)62)75-30-17-49(71,31(57)18-56)16-26-37(30)44(66)39-38(42(26)64)41(63)25-6-5-7-29(72-4)36(25)43(39)65/h5-11,20-22,27-28,30,35,40,56,62,64,66,71H,12-19H2,1-4H3,(H2,50,58)(H,51,59)(H,52,67)(H,53,69)(H,54,68)(H,55,70)(H,60,61)/t20-,21-,22-,27-,28-,30-,35-,40+,49-/m0/s1. The number of aliphatic hydroxyl groups excluding tert-OH is 2. The Labute approximate surface area is 426 Å². The molecule has 3 aliphatic rings.